The Kier molecular flexibility index (Phi) is 4.79. The SMILES string of the molecule is CCCCc1noc(CN2CCN(c3ncnc4c3cnn4C)CC2)n1. The summed E-state index contributed by atoms with van der Waals surface area (Å²) in [6, 6.07) is 0. The first-order valence-electron chi connectivity index (χ1n) is 9.16. The molecule has 0 amide bonds. The van der Waals surface area contributed by atoms with E-state index in [0.29, 0.717) is 12.4 Å². The van der Waals surface area contributed by atoms with Crippen molar-refractivity contribution in [3.05, 3.63) is 24.2 Å². The molecule has 0 aliphatic carbocycles. The molecule has 9 heteroatoms. The number of anilines is 1. The summed E-state index contributed by atoms with van der Waals surface area (Å²) in [5.74, 6) is 2.49. The van der Waals surface area contributed by atoms with Crippen molar-refractivity contribution < 1.29 is 4.52 Å². The summed E-state index contributed by atoms with van der Waals surface area (Å²) in [5, 5.41) is 9.36. The molecule has 9 nitrogen and oxygen atoms in total. The number of fused-ring (bicyclic) bond motifs is 1. The van der Waals surface area contributed by atoms with Gasteiger partial charge in [0.1, 0.15) is 12.1 Å². The van der Waals surface area contributed by atoms with Gasteiger partial charge in [-0.05, 0) is 6.42 Å². The van der Waals surface area contributed by atoms with E-state index in [1.54, 1.807) is 11.0 Å². The molecule has 4 rings (SSSR count). The van der Waals surface area contributed by atoms with Crippen LogP contribution in [0.25, 0.3) is 11.0 Å². The Morgan fingerprint density at radius 2 is 2.00 bits per heavy atom. The molecule has 1 saturated heterocycles. The van der Waals surface area contributed by atoms with E-state index in [0.717, 1.165) is 68.1 Å². The van der Waals surface area contributed by atoms with Crippen LogP contribution in [-0.2, 0) is 20.0 Å². The molecule has 0 saturated carbocycles. The second-order valence-corrected chi connectivity index (χ2v) is 6.67. The normalized spacial score (nSPS) is 15.8. The molecule has 0 unspecified atom stereocenters. The number of piperazine rings is 1. The van der Waals surface area contributed by atoms with Crippen LogP contribution in [0.4, 0.5) is 5.82 Å². The highest BCUT2D eigenvalue weighted by Gasteiger charge is 2.22. The zero-order valence-corrected chi connectivity index (χ0v) is 15.3. The Morgan fingerprint density at radius 1 is 1.15 bits per heavy atom. The van der Waals surface area contributed by atoms with Gasteiger partial charge >= 0.3 is 0 Å². The van der Waals surface area contributed by atoms with Crippen LogP contribution in [0, 0.1) is 0 Å². The minimum atomic E-state index is 0.707. The Labute approximate surface area is 152 Å². The third-order valence-electron chi connectivity index (χ3n) is 4.80. The fourth-order valence-corrected chi connectivity index (χ4v) is 3.30. The van der Waals surface area contributed by atoms with E-state index in [9.17, 15) is 0 Å². The number of aromatic nitrogens is 6. The topological polar surface area (TPSA) is 89.0 Å². The van der Waals surface area contributed by atoms with Crippen LogP contribution in [0.15, 0.2) is 17.0 Å². The van der Waals surface area contributed by atoms with Gasteiger partial charge in [0.15, 0.2) is 11.5 Å². The molecule has 4 heterocycles. The zero-order chi connectivity index (χ0) is 17.9. The predicted molar refractivity (Wildman–Crippen MR) is 96.7 cm³/mol. The summed E-state index contributed by atoms with van der Waals surface area (Å²) in [5.41, 5.74) is 0.864. The van der Waals surface area contributed by atoms with Crippen LogP contribution < -0.4 is 4.90 Å². The van der Waals surface area contributed by atoms with Gasteiger partial charge in [0.25, 0.3) is 0 Å². The summed E-state index contributed by atoms with van der Waals surface area (Å²) in [6.45, 7) is 6.53. The number of hydrogen-bond donors (Lipinski definition) is 0. The van der Waals surface area contributed by atoms with E-state index in [1.165, 1.54) is 0 Å². The predicted octanol–water partition coefficient (Wildman–Crippen LogP) is 1.41. The molecule has 3 aromatic heterocycles. The van der Waals surface area contributed by atoms with Gasteiger partial charge in [-0.25, -0.2) is 9.97 Å². The number of rotatable bonds is 6. The highest BCUT2D eigenvalue weighted by Crippen LogP contribution is 2.23. The average molecular weight is 356 g/mol. The second kappa shape index (κ2) is 7.36. The molecule has 3 aromatic rings. The van der Waals surface area contributed by atoms with Crippen molar-refractivity contribution in [3.63, 3.8) is 0 Å². The molecule has 0 spiro atoms. The lowest BCUT2D eigenvalue weighted by atomic mass is 10.2. The minimum absolute atomic E-state index is 0.707. The van der Waals surface area contributed by atoms with Gasteiger partial charge in [-0.3, -0.25) is 9.58 Å². The first-order valence-corrected chi connectivity index (χ1v) is 9.16. The molecule has 0 N–H and O–H groups in total. The largest absolute Gasteiger partial charge is 0.353 e. The second-order valence-electron chi connectivity index (χ2n) is 6.67. The third-order valence-corrected chi connectivity index (χ3v) is 4.80. The van der Waals surface area contributed by atoms with Crippen LogP contribution >= 0.6 is 0 Å². The fraction of sp³-hybridized carbons (Fsp3) is 0.588. The van der Waals surface area contributed by atoms with Crippen molar-refractivity contribution in [3.8, 4) is 0 Å². The summed E-state index contributed by atoms with van der Waals surface area (Å²) in [6.07, 6.45) is 6.58. The Balaban J connectivity index is 1.37. The Morgan fingerprint density at radius 3 is 2.81 bits per heavy atom. The van der Waals surface area contributed by atoms with Crippen molar-refractivity contribution in [2.24, 2.45) is 7.05 Å². The molecular weight excluding hydrogens is 332 g/mol. The fourth-order valence-electron chi connectivity index (χ4n) is 3.30. The van der Waals surface area contributed by atoms with Crippen molar-refractivity contribution in [1.29, 1.82) is 0 Å². The molecule has 1 aliphatic rings. The van der Waals surface area contributed by atoms with Crippen LogP contribution in [0.5, 0.6) is 0 Å². The molecule has 138 valence electrons. The molecule has 26 heavy (non-hydrogen) atoms. The maximum absolute atomic E-state index is 5.39. The van der Waals surface area contributed by atoms with Crippen molar-refractivity contribution in [2.75, 3.05) is 31.1 Å². The van der Waals surface area contributed by atoms with Gasteiger partial charge in [0.05, 0.1) is 18.1 Å². The number of unbranched alkanes of at least 4 members (excludes halogenated alkanes) is 1. The highest BCUT2D eigenvalue weighted by molar-refractivity contribution is 5.86. The molecular formula is C17H24N8O. The van der Waals surface area contributed by atoms with Crippen LogP contribution in [0.1, 0.15) is 31.5 Å². The third kappa shape index (κ3) is 3.39. The zero-order valence-electron chi connectivity index (χ0n) is 15.3. The summed E-state index contributed by atoms with van der Waals surface area (Å²) in [4.78, 5) is 17.9. The Hall–Kier alpha value is -2.55. The monoisotopic (exact) mass is 356 g/mol. The lowest BCUT2D eigenvalue weighted by molar-refractivity contribution is 0.215. The Bertz CT molecular complexity index is 865. The first-order chi connectivity index (χ1) is 12.7. The highest BCUT2D eigenvalue weighted by atomic mass is 16.5. The van der Waals surface area contributed by atoms with Gasteiger partial charge in [-0.1, -0.05) is 18.5 Å². The molecule has 0 atom stereocenters. The number of hydrogen-bond acceptors (Lipinski definition) is 8. The maximum atomic E-state index is 5.39. The van der Waals surface area contributed by atoms with Gasteiger partial charge < -0.3 is 9.42 Å². The quantitative estimate of drug-likeness (QED) is 0.655. The molecule has 1 fully saturated rings. The average Bonchev–Trinajstić information content (AvgIpc) is 3.27. The van der Waals surface area contributed by atoms with Crippen LogP contribution in [0.2, 0.25) is 0 Å². The van der Waals surface area contributed by atoms with Gasteiger partial charge in [-0.2, -0.15) is 10.1 Å². The minimum Gasteiger partial charge on any atom is -0.353 e. The molecule has 0 aromatic carbocycles. The summed E-state index contributed by atoms with van der Waals surface area (Å²) < 4.78 is 7.17. The summed E-state index contributed by atoms with van der Waals surface area (Å²) >= 11 is 0. The van der Waals surface area contributed by atoms with E-state index in [2.05, 4.69) is 41.9 Å². The van der Waals surface area contributed by atoms with E-state index < -0.39 is 0 Å². The van der Waals surface area contributed by atoms with Crippen molar-refractivity contribution in [2.45, 2.75) is 32.7 Å². The first kappa shape index (κ1) is 16.9. The van der Waals surface area contributed by atoms with Crippen molar-refractivity contribution in [1.82, 2.24) is 34.8 Å². The smallest absolute Gasteiger partial charge is 0.240 e. The van der Waals surface area contributed by atoms with Gasteiger partial charge in [0, 0.05) is 39.6 Å². The molecule has 1 aliphatic heterocycles. The lowest BCUT2D eigenvalue weighted by Crippen LogP contribution is -2.46. The molecule has 0 radical (unpaired) electrons. The summed E-state index contributed by atoms with van der Waals surface area (Å²) in [7, 11) is 1.90. The van der Waals surface area contributed by atoms with E-state index in [4.69, 9.17) is 4.52 Å². The lowest BCUT2D eigenvalue weighted by Gasteiger charge is -2.34. The van der Waals surface area contributed by atoms with Crippen LogP contribution in [-0.4, -0.2) is 61.0 Å². The standard InChI is InChI=1S/C17H24N8O/c1-3-4-5-14-21-15(26-22-14)11-24-6-8-25(9-7-24)17-13-10-20-23(2)16(13)18-12-19-17/h10,12H,3-9,11H2,1-2H3. The van der Waals surface area contributed by atoms with Crippen molar-refractivity contribution >= 4 is 16.9 Å². The van der Waals surface area contributed by atoms with E-state index >= 15 is 0 Å². The van der Waals surface area contributed by atoms with E-state index in [1.807, 2.05) is 13.2 Å². The number of aryl methyl sites for hydroxylation is 2. The molecule has 0 bridgehead atoms. The van der Waals surface area contributed by atoms with Crippen LogP contribution in [0.3, 0.4) is 0 Å². The van der Waals surface area contributed by atoms with Gasteiger partial charge in [-0.15, -0.1) is 0 Å². The number of nitrogens with zero attached hydrogens (tertiary/aromatic N) is 8. The van der Waals surface area contributed by atoms with E-state index in [-0.39, 0.29) is 0 Å². The maximum Gasteiger partial charge on any atom is 0.240 e. The van der Waals surface area contributed by atoms with Gasteiger partial charge in [0.2, 0.25) is 5.89 Å².